The molecule has 0 aliphatic heterocycles. The monoisotopic (exact) mass is 260 g/mol. The molecule has 0 fully saturated rings. The first-order valence-electron chi connectivity index (χ1n) is 6.05. The lowest BCUT2D eigenvalue weighted by molar-refractivity contribution is -0.384. The molecule has 1 aromatic heterocycles. The zero-order valence-corrected chi connectivity index (χ0v) is 10.7. The lowest BCUT2D eigenvalue weighted by Crippen LogP contribution is -2.20. The fraction of sp³-hybridized carbons (Fsp3) is 0.308. The van der Waals surface area contributed by atoms with E-state index >= 15 is 0 Å². The van der Waals surface area contributed by atoms with Gasteiger partial charge in [-0.1, -0.05) is 12.1 Å². The molecule has 6 heteroatoms. The zero-order chi connectivity index (χ0) is 13.8. The molecule has 2 N–H and O–H groups in total. The SMILES string of the molecule is CC(N)Cc1nccn1Cc1cccc([N+](=O)[O-])c1. The normalized spacial score (nSPS) is 12.3. The van der Waals surface area contributed by atoms with Crippen LogP contribution in [0.15, 0.2) is 36.7 Å². The van der Waals surface area contributed by atoms with Gasteiger partial charge in [-0.15, -0.1) is 0 Å². The molecule has 2 rings (SSSR count). The average Bonchev–Trinajstić information content (AvgIpc) is 2.76. The number of aromatic nitrogens is 2. The highest BCUT2D eigenvalue weighted by atomic mass is 16.6. The molecule has 100 valence electrons. The van der Waals surface area contributed by atoms with E-state index in [1.165, 1.54) is 6.07 Å². The molecule has 1 heterocycles. The Balaban J connectivity index is 2.19. The highest BCUT2D eigenvalue weighted by Gasteiger charge is 2.09. The summed E-state index contributed by atoms with van der Waals surface area (Å²) in [6, 6.07) is 6.65. The molecule has 0 spiro atoms. The van der Waals surface area contributed by atoms with Crippen molar-refractivity contribution in [2.75, 3.05) is 0 Å². The second-order valence-electron chi connectivity index (χ2n) is 4.58. The summed E-state index contributed by atoms with van der Waals surface area (Å²) in [5, 5.41) is 10.7. The fourth-order valence-corrected chi connectivity index (χ4v) is 1.93. The van der Waals surface area contributed by atoms with Crippen LogP contribution in [0.1, 0.15) is 18.3 Å². The summed E-state index contributed by atoms with van der Waals surface area (Å²) < 4.78 is 1.96. The van der Waals surface area contributed by atoms with Crippen LogP contribution in [0.2, 0.25) is 0 Å². The molecule has 0 aliphatic rings. The summed E-state index contributed by atoms with van der Waals surface area (Å²) in [7, 11) is 0. The number of nitrogens with two attached hydrogens (primary N) is 1. The highest BCUT2D eigenvalue weighted by Crippen LogP contribution is 2.15. The third-order valence-corrected chi connectivity index (χ3v) is 2.78. The second kappa shape index (κ2) is 5.62. The largest absolute Gasteiger partial charge is 0.330 e. The van der Waals surface area contributed by atoms with Crippen LogP contribution < -0.4 is 5.73 Å². The molecule has 0 aliphatic carbocycles. The third-order valence-electron chi connectivity index (χ3n) is 2.78. The zero-order valence-electron chi connectivity index (χ0n) is 10.7. The topological polar surface area (TPSA) is 87.0 Å². The van der Waals surface area contributed by atoms with Gasteiger partial charge in [-0.3, -0.25) is 10.1 Å². The van der Waals surface area contributed by atoms with E-state index < -0.39 is 0 Å². The molecule has 19 heavy (non-hydrogen) atoms. The quantitative estimate of drug-likeness (QED) is 0.655. The van der Waals surface area contributed by atoms with Crippen LogP contribution in [-0.2, 0) is 13.0 Å². The number of hydrogen-bond donors (Lipinski definition) is 1. The summed E-state index contributed by atoms with van der Waals surface area (Å²) in [5.74, 6) is 0.890. The van der Waals surface area contributed by atoms with Crippen LogP contribution >= 0.6 is 0 Å². The molecule has 1 atom stereocenters. The minimum absolute atomic E-state index is 0.0336. The fourth-order valence-electron chi connectivity index (χ4n) is 1.93. The van der Waals surface area contributed by atoms with Gasteiger partial charge < -0.3 is 10.3 Å². The number of rotatable bonds is 5. The van der Waals surface area contributed by atoms with Gasteiger partial charge in [0.15, 0.2) is 0 Å². The van der Waals surface area contributed by atoms with E-state index in [1.807, 2.05) is 23.8 Å². The molecule has 2 aromatic rings. The average molecular weight is 260 g/mol. The van der Waals surface area contributed by atoms with Crippen LogP contribution in [0.25, 0.3) is 0 Å². The van der Waals surface area contributed by atoms with E-state index in [0.717, 1.165) is 11.4 Å². The third kappa shape index (κ3) is 3.38. The minimum Gasteiger partial charge on any atom is -0.330 e. The van der Waals surface area contributed by atoms with Crippen molar-refractivity contribution in [1.29, 1.82) is 0 Å². The first-order valence-corrected chi connectivity index (χ1v) is 6.05. The molecule has 6 nitrogen and oxygen atoms in total. The van der Waals surface area contributed by atoms with Gasteiger partial charge in [0.2, 0.25) is 0 Å². The number of nitro benzene ring substituents is 1. The Morgan fingerprint density at radius 3 is 3.00 bits per heavy atom. The van der Waals surface area contributed by atoms with Crippen molar-refractivity contribution in [1.82, 2.24) is 9.55 Å². The van der Waals surface area contributed by atoms with Crippen molar-refractivity contribution >= 4 is 5.69 Å². The van der Waals surface area contributed by atoms with Crippen LogP contribution in [0, 0.1) is 10.1 Å². The molecule has 1 unspecified atom stereocenters. The summed E-state index contributed by atoms with van der Waals surface area (Å²) in [4.78, 5) is 14.6. The molecular weight excluding hydrogens is 244 g/mol. The summed E-state index contributed by atoms with van der Waals surface area (Å²) in [6.45, 7) is 2.48. The van der Waals surface area contributed by atoms with Crippen molar-refractivity contribution in [3.63, 3.8) is 0 Å². The molecular formula is C13H16N4O2. The van der Waals surface area contributed by atoms with Gasteiger partial charge in [-0.05, 0) is 12.5 Å². The lowest BCUT2D eigenvalue weighted by Gasteiger charge is -2.09. The number of imidazole rings is 1. The molecule has 0 saturated heterocycles. The minimum atomic E-state index is -0.389. The van der Waals surface area contributed by atoms with E-state index in [1.54, 1.807) is 18.3 Å². The predicted molar refractivity (Wildman–Crippen MR) is 71.8 cm³/mol. The summed E-state index contributed by atoms with van der Waals surface area (Å²) >= 11 is 0. The van der Waals surface area contributed by atoms with E-state index in [0.29, 0.717) is 13.0 Å². The van der Waals surface area contributed by atoms with Crippen molar-refractivity contribution in [3.05, 3.63) is 58.2 Å². The Labute approximate surface area is 111 Å². The molecule has 0 amide bonds. The van der Waals surface area contributed by atoms with Gasteiger partial charge in [0.05, 0.1) is 4.92 Å². The van der Waals surface area contributed by atoms with Crippen molar-refractivity contribution in [3.8, 4) is 0 Å². The maximum atomic E-state index is 10.7. The number of nitrogens with zero attached hydrogens (tertiary/aromatic N) is 3. The second-order valence-corrected chi connectivity index (χ2v) is 4.58. The van der Waals surface area contributed by atoms with Gasteiger partial charge >= 0.3 is 0 Å². The smallest absolute Gasteiger partial charge is 0.269 e. The molecule has 1 aromatic carbocycles. The maximum absolute atomic E-state index is 10.7. The van der Waals surface area contributed by atoms with Gasteiger partial charge in [0.25, 0.3) is 5.69 Å². The molecule has 0 radical (unpaired) electrons. The number of hydrogen-bond acceptors (Lipinski definition) is 4. The number of benzene rings is 1. The van der Waals surface area contributed by atoms with Crippen LogP contribution in [-0.4, -0.2) is 20.5 Å². The van der Waals surface area contributed by atoms with Gasteiger partial charge in [0.1, 0.15) is 5.82 Å². The van der Waals surface area contributed by atoms with E-state index in [-0.39, 0.29) is 16.7 Å². The van der Waals surface area contributed by atoms with E-state index in [9.17, 15) is 10.1 Å². The lowest BCUT2D eigenvalue weighted by atomic mass is 10.2. The first kappa shape index (κ1) is 13.2. The first-order chi connectivity index (χ1) is 9.06. The van der Waals surface area contributed by atoms with Crippen LogP contribution in [0.5, 0.6) is 0 Å². The predicted octanol–water partition coefficient (Wildman–Crippen LogP) is 1.73. The van der Waals surface area contributed by atoms with Crippen molar-refractivity contribution in [2.24, 2.45) is 5.73 Å². The highest BCUT2D eigenvalue weighted by molar-refractivity contribution is 5.34. The van der Waals surface area contributed by atoms with Crippen LogP contribution in [0.4, 0.5) is 5.69 Å². The Morgan fingerprint density at radius 2 is 2.32 bits per heavy atom. The van der Waals surface area contributed by atoms with E-state index in [2.05, 4.69) is 4.98 Å². The van der Waals surface area contributed by atoms with Crippen LogP contribution in [0.3, 0.4) is 0 Å². The van der Waals surface area contributed by atoms with Gasteiger partial charge in [0, 0.05) is 43.5 Å². The van der Waals surface area contributed by atoms with E-state index in [4.69, 9.17) is 5.73 Å². The standard InChI is InChI=1S/C13H16N4O2/c1-10(14)7-13-15-5-6-16(13)9-11-3-2-4-12(8-11)17(18)19/h2-6,8,10H,7,9,14H2,1H3. The van der Waals surface area contributed by atoms with Gasteiger partial charge in [-0.2, -0.15) is 0 Å². The van der Waals surface area contributed by atoms with Crippen molar-refractivity contribution in [2.45, 2.75) is 25.9 Å². The Bertz CT molecular complexity index is 578. The summed E-state index contributed by atoms with van der Waals surface area (Å²) in [5.41, 5.74) is 6.74. The Hall–Kier alpha value is -2.21. The maximum Gasteiger partial charge on any atom is 0.269 e. The number of nitro groups is 1. The Morgan fingerprint density at radius 1 is 1.53 bits per heavy atom. The molecule has 0 saturated carbocycles. The Kier molecular flexibility index (Phi) is 3.91. The molecule has 0 bridgehead atoms. The summed E-state index contributed by atoms with van der Waals surface area (Å²) in [6.07, 6.45) is 4.26. The van der Waals surface area contributed by atoms with Crippen molar-refractivity contribution < 1.29 is 4.92 Å². The van der Waals surface area contributed by atoms with Gasteiger partial charge in [-0.25, -0.2) is 4.98 Å². The number of non-ortho nitro benzene ring substituents is 1.